The molecule has 2 aromatic carbocycles. The fourth-order valence-corrected chi connectivity index (χ4v) is 4.92. The number of halogens is 2. The molecule has 1 heterocycles. The van der Waals surface area contributed by atoms with Crippen LogP contribution in [0.2, 0.25) is 0 Å². The van der Waals surface area contributed by atoms with Crippen molar-refractivity contribution in [3.8, 4) is 5.75 Å². The van der Waals surface area contributed by atoms with E-state index in [1.54, 1.807) is 18.2 Å². The maximum absolute atomic E-state index is 13.3. The molecule has 4 rings (SSSR count). The monoisotopic (exact) mass is 416 g/mol. The molecule has 152 valence electrons. The average Bonchev–Trinajstić information content (AvgIpc) is 2.73. The zero-order valence-corrected chi connectivity index (χ0v) is 16.7. The predicted molar refractivity (Wildman–Crippen MR) is 111 cm³/mol. The molecular weight excluding hydrogens is 394 g/mol. The van der Waals surface area contributed by atoms with E-state index in [1.165, 1.54) is 24.2 Å². The van der Waals surface area contributed by atoms with Gasteiger partial charge in [-0.15, -0.1) is 0 Å². The molecule has 1 aromatic heterocycles. The van der Waals surface area contributed by atoms with Crippen LogP contribution in [0.3, 0.4) is 0 Å². The van der Waals surface area contributed by atoms with Gasteiger partial charge < -0.3 is 4.74 Å². The third kappa shape index (κ3) is 4.45. The van der Waals surface area contributed by atoms with Crippen LogP contribution in [-0.2, 0) is 5.75 Å². The lowest BCUT2D eigenvalue weighted by atomic mass is 9.95. The Morgan fingerprint density at radius 3 is 2.59 bits per heavy atom. The SMILES string of the molecule is O=c1c2ccccc2nc(SCc2ccccc2OC(F)F)n1C1CCCCC1. The standard InChI is InChI=1S/C22H22F2N2O2S/c23-21(24)28-19-13-7-4-8-15(19)14-29-22-25-18-12-6-5-11-17(18)20(27)26(22)16-9-2-1-3-10-16/h4-8,11-13,16,21H,1-3,9-10,14H2. The largest absolute Gasteiger partial charge is 0.435 e. The Morgan fingerprint density at radius 2 is 1.79 bits per heavy atom. The molecule has 1 aliphatic carbocycles. The molecule has 0 bridgehead atoms. The van der Waals surface area contributed by atoms with Crippen molar-refractivity contribution in [1.29, 1.82) is 0 Å². The molecule has 7 heteroatoms. The molecule has 0 radical (unpaired) electrons. The summed E-state index contributed by atoms with van der Waals surface area (Å²) < 4.78 is 31.9. The number of thioether (sulfide) groups is 1. The summed E-state index contributed by atoms with van der Waals surface area (Å²) >= 11 is 1.39. The van der Waals surface area contributed by atoms with Crippen LogP contribution >= 0.6 is 11.8 Å². The van der Waals surface area contributed by atoms with Gasteiger partial charge in [0.2, 0.25) is 0 Å². The van der Waals surface area contributed by atoms with Gasteiger partial charge in [0.15, 0.2) is 5.16 Å². The normalized spacial score (nSPS) is 15.1. The molecule has 1 aliphatic rings. The highest BCUT2D eigenvalue weighted by Gasteiger charge is 2.22. The van der Waals surface area contributed by atoms with Crippen molar-refractivity contribution < 1.29 is 13.5 Å². The number of para-hydroxylation sites is 2. The van der Waals surface area contributed by atoms with Gasteiger partial charge in [-0.2, -0.15) is 8.78 Å². The third-order valence-corrected chi connectivity index (χ3v) is 6.26. The molecule has 0 atom stereocenters. The van der Waals surface area contributed by atoms with Crippen LogP contribution in [0.4, 0.5) is 8.78 Å². The summed E-state index contributed by atoms with van der Waals surface area (Å²) in [6.07, 6.45) is 5.29. The summed E-state index contributed by atoms with van der Waals surface area (Å²) in [5.74, 6) is 0.544. The molecule has 0 aliphatic heterocycles. The van der Waals surface area contributed by atoms with Crippen LogP contribution in [0.25, 0.3) is 10.9 Å². The second-order valence-electron chi connectivity index (χ2n) is 7.15. The first-order valence-electron chi connectivity index (χ1n) is 9.80. The van der Waals surface area contributed by atoms with Crippen LogP contribution in [0.15, 0.2) is 58.5 Å². The minimum atomic E-state index is -2.87. The Bertz CT molecular complexity index is 1050. The van der Waals surface area contributed by atoms with E-state index in [2.05, 4.69) is 4.74 Å². The lowest BCUT2D eigenvalue weighted by Gasteiger charge is -2.26. The van der Waals surface area contributed by atoms with Crippen LogP contribution < -0.4 is 10.3 Å². The van der Waals surface area contributed by atoms with Gasteiger partial charge in [0.05, 0.1) is 10.9 Å². The summed E-state index contributed by atoms with van der Waals surface area (Å²) in [5.41, 5.74) is 1.28. The first-order chi connectivity index (χ1) is 14.1. The van der Waals surface area contributed by atoms with E-state index in [-0.39, 0.29) is 17.4 Å². The van der Waals surface area contributed by atoms with Gasteiger partial charge in [0, 0.05) is 17.4 Å². The van der Waals surface area contributed by atoms with E-state index < -0.39 is 6.61 Å². The molecule has 1 fully saturated rings. The van der Waals surface area contributed by atoms with Crippen molar-refractivity contribution in [2.24, 2.45) is 0 Å². The third-order valence-electron chi connectivity index (χ3n) is 5.26. The van der Waals surface area contributed by atoms with E-state index >= 15 is 0 Å². The molecule has 4 nitrogen and oxygen atoms in total. The Labute approximate surface area is 171 Å². The molecular formula is C22H22F2N2O2S. The highest BCUT2D eigenvalue weighted by Crippen LogP contribution is 2.33. The first-order valence-corrected chi connectivity index (χ1v) is 10.8. The quantitative estimate of drug-likeness (QED) is 0.377. The van der Waals surface area contributed by atoms with Crippen molar-refractivity contribution >= 4 is 22.7 Å². The smallest absolute Gasteiger partial charge is 0.387 e. The number of ether oxygens (including phenoxy) is 1. The predicted octanol–water partition coefficient (Wildman–Crippen LogP) is 5.80. The van der Waals surface area contributed by atoms with Crippen LogP contribution in [0.5, 0.6) is 5.75 Å². The number of alkyl halides is 2. The minimum Gasteiger partial charge on any atom is -0.435 e. The fourth-order valence-electron chi connectivity index (χ4n) is 3.86. The van der Waals surface area contributed by atoms with Crippen molar-refractivity contribution in [3.63, 3.8) is 0 Å². The van der Waals surface area contributed by atoms with Gasteiger partial charge in [0.25, 0.3) is 5.56 Å². The zero-order valence-electron chi connectivity index (χ0n) is 15.9. The maximum Gasteiger partial charge on any atom is 0.387 e. The molecule has 0 amide bonds. The van der Waals surface area contributed by atoms with Gasteiger partial charge >= 0.3 is 6.61 Å². The Hall–Kier alpha value is -2.41. The molecule has 0 spiro atoms. The summed E-state index contributed by atoms with van der Waals surface area (Å²) in [6, 6.07) is 14.2. The van der Waals surface area contributed by atoms with Crippen molar-refractivity contribution in [1.82, 2.24) is 9.55 Å². The van der Waals surface area contributed by atoms with Gasteiger partial charge in [-0.05, 0) is 31.0 Å². The molecule has 0 saturated heterocycles. The highest BCUT2D eigenvalue weighted by atomic mass is 32.2. The number of rotatable bonds is 6. The number of nitrogens with zero attached hydrogens (tertiary/aromatic N) is 2. The minimum absolute atomic E-state index is 0.0258. The van der Waals surface area contributed by atoms with Gasteiger partial charge in [-0.1, -0.05) is 61.4 Å². The number of fused-ring (bicyclic) bond motifs is 1. The van der Waals surface area contributed by atoms with Gasteiger partial charge in [-0.3, -0.25) is 9.36 Å². The zero-order chi connectivity index (χ0) is 20.2. The van der Waals surface area contributed by atoms with Crippen LogP contribution in [-0.4, -0.2) is 16.2 Å². The summed E-state index contributed by atoms with van der Waals surface area (Å²) in [4.78, 5) is 18.0. The molecule has 29 heavy (non-hydrogen) atoms. The number of hydrogen-bond acceptors (Lipinski definition) is 4. The second kappa shape index (κ2) is 8.95. The lowest BCUT2D eigenvalue weighted by molar-refractivity contribution is -0.0503. The van der Waals surface area contributed by atoms with Crippen LogP contribution in [0, 0.1) is 0 Å². The van der Waals surface area contributed by atoms with E-state index in [0.29, 0.717) is 27.4 Å². The Kier molecular flexibility index (Phi) is 6.13. The molecule has 0 N–H and O–H groups in total. The van der Waals surface area contributed by atoms with Gasteiger partial charge in [0.1, 0.15) is 5.75 Å². The van der Waals surface area contributed by atoms with Crippen molar-refractivity contribution in [3.05, 3.63) is 64.4 Å². The molecule has 0 unspecified atom stereocenters. The van der Waals surface area contributed by atoms with E-state index in [4.69, 9.17) is 4.98 Å². The van der Waals surface area contributed by atoms with E-state index in [9.17, 15) is 13.6 Å². The van der Waals surface area contributed by atoms with Gasteiger partial charge in [-0.25, -0.2) is 4.98 Å². The lowest BCUT2D eigenvalue weighted by Crippen LogP contribution is -2.29. The topological polar surface area (TPSA) is 44.1 Å². The summed E-state index contributed by atoms with van der Waals surface area (Å²) in [5, 5.41) is 1.25. The average molecular weight is 416 g/mol. The number of benzene rings is 2. The fraction of sp³-hybridized carbons (Fsp3) is 0.364. The van der Waals surface area contributed by atoms with E-state index in [0.717, 1.165) is 25.7 Å². The maximum atomic E-state index is 13.3. The first kappa shape index (κ1) is 19.9. The molecule has 3 aromatic rings. The summed E-state index contributed by atoms with van der Waals surface area (Å²) in [6.45, 7) is -2.87. The number of aromatic nitrogens is 2. The van der Waals surface area contributed by atoms with E-state index in [1.807, 2.05) is 28.8 Å². The Morgan fingerprint density at radius 1 is 1.07 bits per heavy atom. The van der Waals surface area contributed by atoms with Crippen molar-refractivity contribution in [2.75, 3.05) is 0 Å². The van der Waals surface area contributed by atoms with Crippen LogP contribution in [0.1, 0.15) is 43.7 Å². The summed E-state index contributed by atoms with van der Waals surface area (Å²) in [7, 11) is 0. The number of hydrogen-bond donors (Lipinski definition) is 0. The highest BCUT2D eigenvalue weighted by molar-refractivity contribution is 7.98. The molecule has 1 saturated carbocycles. The second-order valence-corrected chi connectivity index (χ2v) is 8.10. The Balaban J connectivity index is 1.70. The van der Waals surface area contributed by atoms with Crippen molar-refractivity contribution in [2.45, 2.75) is 55.7 Å².